The summed E-state index contributed by atoms with van der Waals surface area (Å²) in [5, 5.41) is 11.8. The fraction of sp³-hybridized carbons (Fsp3) is 0.833. The largest absolute Gasteiger partial charge is 0.479 e. The summed E-state index contributed by atoms with van der Waals surface area (Å²) in [5.74, 6) is -1.03. The first-order chi connectivity index (χ1) is 9.10. The highest BCUT2D eigenvalue weighted by molar-refractivity contribution is 5.77. The monoisotopic (exact) mass is 272 g/mol. The van der Waals surface area contributed by atoms with Crippen molar-refractivity contribution in [2.24, 2.45) is 0 Å². The van der Waals surface area contributed by atoms with Crippen LogP contribution >= 0.6 is 0 Å². The van der Waals surface area contributed by atoms with Gasteiger partial charge in [-0.25, -0.2) is 9.59 Å². The van der Waals surface area contributed by atoms with Crippen LogP contribution < -0.4 is 5.32 Å². The molecule has 0 aromatic carbocycles. The number of amides is 2. The lowest BCUT2D eigenvalue weighted by Crippen LogP contribution is -2.53. The van der Waals surface area contributed by atoms with E-state index in [9.17, 15) is 9.59 Å². The number of hydrogen-bond acceptors (Lipinski definition) is 4. The van der Waals surface area contributed by atoms with Gasteiger partial charge in [-0.1, -0.05) is 0 Å². The van der Waals surface area contributed by atoms with Crippen molar-refractivity contribution in [2.45, 2.75) is 37.5 Å². The van der Waals surface area contributed by atoms with Crippen LogP contribution in [0.1, 0.15) is 19.3 Å². The zero-order valence-corrected chi connectivity index (χ0v) is 11.0. The SMILES string of the molecule is COC1CCC(NC(=O)N2CCOC(C(=O)O)C2)C1. The van der Waals surface area contributed by atoms with Gasteiger partial charge in [0.15, 0.2) is 6.10 Å². The number of rotatable bonds is 3. The summed E-state index contributed by atoms with van der Waals surface area (Å²) in [6.07, 6.45) is 1.95. The second kappa shape index (κ2) is 6.21. The minimum absolute atomic E-state index is 0.0988. The van der Waals surface area contributed by atoms with Crippen LogP contribution in [0, 0.1) is 0 Å². The zero-order valence-electron chi connectivity index (χ0n) is 11.0. The third-order valence-corrected chi connectivity index (χ3v) is 3.67. The number of morpholine rings is 1. The highest BCUT2D eigenvalue weighted by Crippen LogP contribution is 2.21. The van der Waals surface area contributed by atoms with Gasteiger partial charge >= 0.3 is 12.0 Å². The van der Waals surface area contributed by atoms with Crippen LogP contribution in [0.3, 0.4) is 0 Å². The van der Waals surface area contributed by atoms with E-state index in [0.29, 0.717) is 6.54 Å². The molecule has 2 aliphatic rings. The molecule has 7 nitrogen and oxygen atoms in total. The van der Waals surface area contributed by atoms with E-state index < -0.39 is 12.1 Å². The van der Waals surface area contributed by atoms with Crippen molar-refractivity contribution >= 4 is 12.0 Å². The number of methoxy groups -OCH3 is 1. The van der Waals surface area contributed by atoms with E-state index in [-0.39, 0.29) is 31.3 Å². The molecule has 0 aromatic rings. The highest BCUT2D eigenvalue weighted by atomic mass is 16.5. The fourth-order valence-electron chi connectivity index (χ4n) is 2.53. The molecular formula is C12H20N2O5. The minimum Gasteiger partial charge on any atom is -0.479 e. The Hall–Kier alpha value is -1.34. The smallest absolute Gasteiger partial charge is 0.334 e. The average molecular weight is 272 g/mol. The lowest BCUT2D eigenvalue weighted by Gasteiger charge is -2.31. The molecule has 19 heavy (non-hydrogen) atoms. The van der Waals surface area contributed by atoms with Crippen molar-refractivity contribution in [3.05, 3.63) is 0 Å². The molecule has 2 rings (SSSR count). The molecular weight excluding hydrogens is 252 g/mol. The summed E-state index contributed by atoms with van der Waals surface area (Å²) in [6.45, 7) is 0.785. The summed E-state index contributed by atoms with van der Waals surface area (Å²) in [5.41, 5.74) is 0. The molecule has 1 heterocycles. The van der Waals surface area contributed by atoms with Crippen molar-refractivity contribution in [2.75, 3.05) is 26.8 Å². The first kappa shape index (κ1) is 14.1. The van der Waals surface area contributed by atoms with Crippen LogP contribution in [0.5, 0.6) is 0 Å². The molecule has 2 fully saturated rings. The molecule has 7 heteroatoms. The molecule has 3 atom stereocenters. The average Bonchev–Trinajstić information content (AvgIpc) is 2.86. The van der Waals surface area contributed by atoms with Gasteiger partial charge in [-0.2, -0.15) is 0 Å². The van der Waals surface area contributed by atoms with Crippen molar-refractivity contribution in [3.63, 3.8) is 0 Å². The van der Waals surface area contributed by atoms with E-state index in [1.54, 1.807) is 7.11 Å². The summed E-state index contributed by atoms with van der Waals surface area (Å²) in [7, 11) is 1.67. The van der Waals surface area contributed by atoms with E-state index in [0.717, 1.165) is 19.3 Å². The predicted octanol–water partition coefficient (Wildman–Crippen LogP) is 0.0489. The summed E-state index contributed by atoms with van der Waals surface area (Å²) < 4.78 is 10.3. The maximum absolute atomic E-state index is 12.0. The van der Waals surface area contributed by atoms with Crippen LogP contribution in [0.25, 0.3) is 0 Å². The standard InChI is InChI=1S/C12H20N2O5/c1-18-9-3-2-8(6-9)13-12(17)14-4-5-19-10(7-14)11(15)16/h8-10H,2-7H2,1H3,(H,13,17)(H,15,16). The minimum atomic E-state index is -1.03. The third-order valence-electron chi connectivity index (χ3n) is 3.67. The van der Waals surface area contributed by atoms with Gasteiger partial charge in [-0.15, -0.1) is 0 Å². The first-order valence-electron chi connectivity index (χ1n) is 6.52. The van der Waals surface area contributed by atoms with Crippen molar-refractivity contribution < 1.29 is 24.2 Å². The Balaban J connectivity index is 1.81. The van der Waals surface area contributed by atoms with E-state index >= 15 is 0 Å². The molecule has 108 valence electrons. The van der Waals surface area contributed by atoms with Gasteiger partial charge in [0.1, 0.15) is 0 Å². The Kier molecular flexibility index (Phi) is 4.60. The Bertz CT molecular complexity index is 349. The van der Waals surface area contributed by atoms with Crippen LogP contribution in [0.4, 0.5) is 4.79 Å². The quantitative estimate of drug-likeness (QED) is 0.758. The van der Waals surface area contributed by atoms with Gasteiger partial charge in [0.25, 0.3) is 0 Å². The third kappa shape index (κ3) is 3.57. The maximum atomic E-state index is 12.0. The number of carboxylic acid groups (broad SMARTS) is 1. The van der Waals surface area contributed by atoms with E-state index in [4.69, 9.17) is 14.6 Å². The molecule has 0 spiro atoms. The fourth-order valence-corrected chi connectivity index (χ4v) is 2.53. The number of hydrogen-bond donors (Lipinski definition) is 2. The Labute approximate surface area is 111 Å². The summed E-state index contributed by atoms with van der Waals surface area (Å²) >= 11 is 0. The lowest BCUT2D eigenvalue weighted by atomic mass is 10.2. The van der Waals surface area contributed by atoms with Gasteiger partial charge in [-0.05, 0) is 19.3 Å². The van der Waals surface area contributed by atoms with Crippen LogP contribution in [0.15, 0.2) is 0 Å². The Morgan fingerprint density at radius 2 is 2.21 bits per heavy atom. The van der Waals surface area contributed by atoms with E-state index in [1.807, 2.05) is 0 Å². The predicted molar refractivity (Wildman–Crippen MR) is 65.9 cm³/mol. The molecule has 1 aliphatic heterocycles. The van der Waals surface area contributed by atoms with Crippen molar-refractivity contribution in [1.82, 2.24) is 10.2 Å². The van der Waals surface area contributed by atoms with Crippen LogP contribution in [-0.4, -0.2) is 67.1 Å². The number of carbonyl (C=O) groups excluding carboxylic acids is 1. The Morgan fingerprint density at radius 1 is 1.42 bits per heavy atom. The Morgan fingerprint density at radius 3 is 2.84 bits per heavy atom. The number of carbonyl (C=O) groups is 2. The molecule has 1 saturated carbocycles. The number of nitrogens with zero attached hydrogens (tertiary/aromatic N) is 1. The number of urea groups is 1. The first-order valence-corrected chi connectivity index (χ1v) is 6.52. The number of ether oxygens (including phenoxy) is 2. The molecule has 1 aliphatic carbocycles. The number of aliphatic carboxylic acids is 1. The second-order valence-corrected chi connectivity index (χ2v) is 4.96. The second-order valence-electron chi connectivity index (χ2n) is 4.96. The van der Waals surface area contributed by atoms with Gasteiger partial charge < -0.3 is 24.8 Å². The normalized spacial score (nSPS) is 31.2. The molecule has 1 saturated heterocycles. The molecule has 2 amide bonds. The molecule has 0 aromatic heterocycles. The van der Waals surface area contributed by atoms with Crippen molar-refractivity contribution in [1.29, 1.82) is 0 Å². The summed E-state index contributed by atoms with van der Waals surface area (Å²) in [4.78, 5) is 24.4. The van der Waals surface area contributed by atoms with E-state index in [2.05, 4.69) is 5.32 Å². The molecule has 0 radical (unpaired) electrons. The maximum Gasteiger partial charge on any atom is 0.334 e. The topological polar surface area (TPSA) is 88.1 Å². The zero-order chi connectivity index (χ0) is 13.8. The summed E-state index contributed by atoms with van der Waals surface area (Å²) in [6, 6.07) is -0.0973. The lowest BCUT2D eigenvalue weighted by molar-refractivity contribution is -0.154. The van der Waals surface area contributed by atoms with Gasteiger partial charge in [-0.3, -0.25) is 0 Å². The van der Waals surface area contributed by atoms with Crippen molar-refractivity contribution in [3.8, 4) is 0 Å². The number of carboxylic acids is 1. The molecule has 2 N–H and O–H groups in total. The van der Waals surface area contributed by atoms with Gasteiger partial charge in [0.2, 0.25) is 0 Å². The van der Waals surface area contributed by atoms with Crippen LogP contribution in [-0.2, 0) is 14.3 Å². The van der Waals surface area contributed by atoms with Gasteiger partial charge in [0.05, 0.1) is 19.3 Å². The highest BCUT2D eigenvalue weighted by Gasteiger charge is 2.31. The van der Waals surface area contributed by atoms with E-state index in [1.165, 1.54) is 4.90 Å². The number of nitrogens with one attached hydrogen (secondary N) is 1. The van der Waals surface area contributed by atoms with Gasteiger partial charge in [0, 0.05) is 19.7 Å². The van der Waals surface area contributed by atoms with Crippen LogP contribution in [0.2, 0.25) is 0 Å². The molecule has 3 unspecified atom stereocenters. The molecule has 0 bridgehead atoms.